The van der Waals surface area contributed by atoms with Crippen molar-refractivity contribution in [3.8, 4) is 5.75 Å². The number of nitrogens with zero attached hydrogens (tertiary/aromatic N) is 4. The molecule has 1 aromatic heterocycles. The van der Waals surface area contributed by atoms with Gasteiger partial charge in [-0.1, -0.05) is 17.3 Å². The molecule has 4 rings (SSSR count). The molecular weight excluding hydrogens is 372 g/mol. The highest BCUT2D eigenvalue weighted by Gasteiger charge is 2.23. The molecular formula is C21H30N4O4. The van der Waals surface area contributed by atoms with Crippen LogP contribution in [0.25, 0.3) is 0 Å². The van der Waals surface area contributed by atoms with Crippen molar-refractivity contribution in [1.82, 2.24) is 19.9 Å². The predicted molar refractivity (Wildman–Crippen MR) is 107 cm³/mol. The van der Waals surface area contributed by atoms with Crippen LogP contribution < -0.4 is 4.74 Å². The van der Waals surface area contributed by atoms with Gasteiger partial charge in [-0.25, -0.2) is 0 Å². The topological polar surface area (TPSA) is 84.1 Å². The van der Waals surface area contributed by atoms with Gasteiger partial charge in [0, 0.05) is 32.1 Å². The van der Waals surface area contributed by atoms with Crippen molar-refractivity contribution in [2.45, 2.75) is 31.4 Å². The second kappa shape index (κ2) is 10.2. The van der Waals surface area contributed by atoms with Crippen molar-refractivity contribution in [2.75, 3.05) is 52.5 Å². The molecule has 1 unspecified atom stereocenters. The summed E-state index contributed by atoms with van der Waals surface area (Å²) >= 11 is 0. The van der Waals surface area contributed by atoms with E-state index in [0.29, 0.717) is 19.1 Å². The predicted octanol–water partition coefficient (Wildman–Crippen LogP) is 1.52. The van der Waals surface area contributed by atoms with Crippen molar-refractivity contribution >= 4 is 0 Å². The maximum atomic E-state index is 10.3. The Hall–Kier alpha value is -2.00. The average Bonchev–Trinajstić information content (AvgIpc) is 3.29. The summed E-state index contributed by atoms with van der Waals surface area (Å²) in [5.41, 5.74) is 1.23. The fourth-order valence-corrected chi connectivity index (χ4v) is 4.03. The molecule has 29 heavy (non-hydrogen) atoms. The number of benzene rings is 1. The molecule has 2 fully saturated rings. The highest BCUT2D eigenvalue weighted by atomic mass is 16.5. The maximum Gasteiger partial charge on any atom is 0.213 e. The Morgan fingerprint density at radius 1 is 1.14 bits per heavy atom. The first-order valence-electron chi connectivity index (χ1n) is 10.4. The number of hydrogen-bond donors (Lipinski definition) is 1. The molecule has 0 spiro atoms. The van der Waals surface area contributed by atoms with Gasteiger partial charge in [-0.2, -0.15) is 4.98 Å². The fourth-order valence-electron chi connectivity index (χ4n) is 4.03. The molecule has 1 atom stereocenters. The third kappa shape index (κ3) is 5.99. The average molecular weight is 402 g/mol. The van der Waals surface area contributed by atoms with Crippen LogP contribution >= 0.6 is 0 Å². The molecule has 0 aliphatic carbocycles. The van der Waals surface area contributed by atoms with E-state index >= 15 is 0 Å². The van der Waals surface area contributed by atoms with Crippen molar-refractivity contribution in [3.63, 3.8) is 0 Å². The zero-order valence-corrected chi connectivity index (χ0v) is 16.8. The summed E-state index contributed by atoms with van der Waals surface area (Å²) in [4.78, 5) is 8.85. The van der Waals surface area contributed by atoms with E-state index in [2.05, 4.69) is 32.1 Å². The minimum atomic E-state index is -0.499. The summed E-state index contributed by atoms with van der Waals surface area (Å²) in [6, 6.07) is 8.17. The number of likely N-dealkylation sites (tertiary alicyclic amines) is 1. The normalized spacial score (nSPS) is 20.6. The molecule has 2 aromatic rings. The summed E-state index contributed by atoms with van der Waals surface area (Å²) in [5.74, 6) is 2.04. The quantitative estimate of drug-likeness (QED) is 0.712. The second-order valence-electron chi connectivity index (χ2n) is 7.87. The Kier molecular flexibility index (Phi) is 7.10. The number of aliphatic hydroxyl groups excluding tert-OH is 1. The SMILES string of the molecule is OC(COc1cccc(CN2CCC(c3ncon3)CC2)c1)CN1CCOCC1. The smallest absolute Gasteiger partial charge is 0.213 e. The van der Waals surface area contributed by atoms with Crippen LogP contribution in [-0.2, 0) is 11.3 Å². The van der Waals surface area contributed by atoms with Gasteiger partial charge in [0.25, 0.3) is 0 Å². The van der Waals surface area contributed by atoms with Gasteiger partial charge in [0.1, 0.15) is 18.5 Å². The van der Waals surface area contributed by atoms with E-state index in [0.717, 1.165) is 70.4 Å². The van der Waals surface area contributed by atoms with Gasteiger partial charge < -0.3 is 19.1 Å². The first-order chi connectivity index (χ1) is 14.3. The van der Waals surface area contributed by atoms with Gasteiger partial charge in [0.05, 0.1) is 13.2 Å². The molecule has 1 N–H and O–H groups in total. The Bertz CT molecular complexity index is 728. The lowest BCUT2D eigenvalue weighted by Crippen LogP contribution is -2.42. The van der Waals surface area contributed by atoms with E-state index in [-0.39, 0.29) is 0 Å². The first-order valence-corrected chi connectivity index (χ1v) is 10.4. The van der Waals surface area contributed by atoms with Crippen LogP contribution in [0.1, 0.15) is 30.1 Å². The molecule has 158 valence electrons. The van der Waals surface area contributed by atoms with E-state index < -0.39 is 6.10 Å². The zero-order chi connectivity index (χ0) is 19.9. The van der Waals surface area contributed by atoms with Gasteiger partial charge in [0.15, 0.2) is 5.82 Å². The van der Waals surface area contributed by atoms with Gasteiger partial charge in [-0.3, -0.25) is 9.80 Å². The number of morpholine rings is 1. The van der Waals surface area contributed by atoms with E-state index in [1.54, 1.807) is 0 Å². The van der Waals surface area contributed by atoms with Crippen molar-refractivity contribution in [1.29, 1.82) is 0 Å². The number of aromatic nitrogens is 2. The molecule has 0 radical (unpaired) electrons. The zero-order valence-electron chi connectivity index (χ0n) is 16.8. The number of piperidine rings is 1. The van der Waals surface area contributed by atoms with E-state index in [1.165, 1.54) is 12.0 Å². The molecule has 2 aliphatic heterocycles. The van der Waals surface area contributed by atoms with Crippen LogP contribution in [0.15, 0.2) is 35.2 Å². The third-order valence-electron chi connectivity index (χ3n) is 5.65. The van der Waals surface area contributed by atoms with Crippen LogP contribution in [0.4, 0.5) is 0 Å². The Balaban J connectivity index is 1.21. The van der Waals surface area contributed by atoms with Gasteiger partial charge >= 0.3 is 0 Å². The largest absolute Gasteiger partial charge is 0.491 e. The number of aliphatic hydroxyl groups is 1. The Labute approximate surface area is 171 Å². The molecule has 8 heteroatoms. The summed E-state index contributed by atoms with van der Waals surface area (Å²) in [5, 5.41) is 14.2. The van der Waals surface area contributed by atoms with E-state index in [1.807, 2.05) is 12.1 Å². The molecule has 3 heterocycles. The molecule has 0 bridgehead atoms. The van der Waals surface area contributed by atoms with Crippen molar-refractivity contribution < 1.29 is 19.1 Å². The lowest BCUT2D eigenvalue weighted by Gasteiger charge is -2.30. The van der Waals surface area contributed by atoms with Gasteiger partial charge in [0.2, 0.25) is 6.39 Å². The van der Waals surface area contributed by atoms with Crippen molar-refractivity contribution in [2.24, 2.45) is 0 Å². The van der Waals surface area contributed by atoms with Crippen LogP contribution in [0.3, 0.4) is 0 Å². The number of ether oxygens (including phenoxy) is 2. The minimum absolute atomic E-state index is 0.302. The van der Waals surface area contributed by atoms with Gasteiger partial charge in [-0.15, -0.1) is 0 Å². The highest BCUT2D eigenvalue weighted by Crippen LogP contribution is 2.26. The monoisotopic (exact) mass is 402 g/mol. The number of β-amino-alcohol motifs (C(OH)–C–C–N with tert-alkyl or cyclic N) is 1. The Morgan fingerprint density at radius 3 is 2.72 bits per heavy atom. The molecule has 1 aromatic carbocycles. The summed E-state index contributed by atoms with van der Waals surface area (Å²) in [7, 11) is 0. The van der Waals surface area contributed by atoms with Crippen LogP contribution in [-0.4, -0.2) is 83.7 Å². The van der Waals surface area contributed by atoms with E-state index in [4.69, 9.17) is 14.0 Å². The molecule has 0 amide bonds. The molecule has 2 aliphatic rings. The molecule has 8 nitrogen and oxygen atoms in total. The van der Waals surface area contributed by atoms with Crippen LogP contribution in [0.2, 0.25) is 0 Å². The van der Waals surface area contributed by atoms with Crippen molar-refractivity contribution in [3.05, 3.63) is 42.0 Å². The lowest BCUT2D eigenvalue weighted by atomic mass is 9.96. The molecule has 0 saturated carbocycles. The Morgan fingerprint density at radius 2 is 1.97 bits per heavy atom. The van der Waals surface area contributed by atoms with Crippen LogP contribution in [0.5, 0.6) is 5.75 Å². The standard InChI is InChI=1S/C21H30N4O4/c26-19(14-25-8-10-27-11-9-25)15-28-20-3-1-2-17(12-20)13-24-6-4-18(5-7-24)21-22-16-29-23-21/h1-3,12,16,18-19,26H,4-11,13-15H2. The van der Waals surface area contributed by atoms with Gasteiger partial charge in [-0.05, 0) is 43.6 Å². The number of hydrogen-bond acceptors (Lipinski definition) is 8. The summed E-state index contributed by atoms with van der Waals surface area (Å²) in [6.45, 7) is 7.07. The fraction of sp³-hybridized carbons (Fsp3) is 0.619. The summed E-state index contributed by atoms with van der Waals surface area (Å²) in [6.07, 6.45) is 3.00. The second-order valence-corrected chi connectivity index (χ2v) is 7.87. The lowest BCUT2D eigenvalue weighted by molar-refractivity contribution is 0.00464. The van der Waals surface area contributed by atoms with Crippen LogP contribution in [0, 0.1) is 0 Å². The maximum absolute atomic E-state index is 10.3. The highest BCUT2D eigenvalue weighted by molar-refractivity contribution is 5.28. The third-order valence-corrected chi connectivity index (χ3v) is 5.65. The minimum Gasteiger partial charge on any atom is -0.491 e. The number of rotatable bonds is 8. The van der Waals surface area contributed by atoms with E-state index in [9.17, 15) is 5.11 Å². The first kappa shape index (κ1) is 20.3. The summed E-state index contributed by atoms with van der Waals surface area (Å²) < 4.78 is 16.1. The molecule has 2 saturated heterocycles.